The van der Waals surface area contributed by atoms with Gasteiger partial charge in [-0.25, -0.2) is 4.79 Å². The molecule has 2 fully saturated rings. The van der Waals surface area contributed by atoms with Crippen LogP contribution in [-0.4, -0.2) is 45.6 Å². The second kappa shape index (κ2) is 7.82. The summed E-state index contributed by atoms with van der Waals surface area (Å²) >= 11 is 0. The van der Waals surface area contributed by atoms with Crippen LogP contribution in [0.1, 0.15) is 47.4 Å². The van der Waals surface area contributed by atoms with Crippen molar-refractivity contribution in [1.29, 1.82) is 0 Å². The van der Waals surface area contributed by atoms with Crippen LogP contribution < -0.4 is 16.6 Å². The first-order valence-electron chi connectivity index (χ1n) is 12.0. The van der Waals surface area contributed by atoms with E-state index in [1.54, 1.807) is 21.5 Å². The Morgan fingerprint density at radius 1 is 1.17 bits per heavy atom. The number of nitrogens with zero attached hydrogens (tertiary/aromatic N) is 6. The second-order valence-corrected chi connectivity index (χ2v) is 9.92. The number of rotatable bonds is 7. The van der Waals surface area contributed by atoms with Gasteiger partial charge in [0, 0.05) is 38.6 Å². The molecule has 0 aromatic carbocycles. The standard InChI is InChI=1S/C24H28N8O3/c1-13-8-17(27-26-13)12-32-20(18-9-15(11-29(18)2)22(33)25-16-6-7-16)19-21(28-32)31(10-14-4-5-14)24(35)30(3)23(19)34/h8-9,11,14,16H,4-7,10,12H2,1-3H3,(H,25,33)(H,26,27). The molecule has 182 valence electrons. The molecular formula is C24H28N8O3. The van der Waals surface area contributed by atoms with Gasteiger partial charge in [-0.05, 0) is 50.7 Å². The van der Waals surface area contributed by atoms with Crippen LogP contribution in [0.15, 0.2) is 27.9 Å². The molecule has 11 nitrogen and oxygen atoms in total. The Bertz CT molecular complexity index is 1590. The number of amides is 1. The number of fused-ring (bicyclic) bond motifs is 1. The highest BCUT2D eigenvalue weighted by Crippen LogP contribution is 2.33. The lowest BCUT2D eigenvalue weighted by Crippen LogP contribution is -2.38. The van der Waals surface area contributed by atoms with Crippen molar-refractivity contribution in [3.8, 4) is 11.4 Å². The highest BCUT2D eigenvalue weighted by molar-refractivity contribution is 5.97. The van der Waals surface area contributed by atoms with Crippen molar-refractivity contribution in [2.75, 3.05) is 0 Å². The predicted molar refractivity (Wildman–Crippen MR) is 129 cm³/mol. The highest BCUT2D eigenvalue weighted by Gasteiger charge is 2.29. The third-order valence-corrected chi connectivity index (χ3v) is 6.86. The predicted octanol–water partition coefficient (Wildman–Crippen LogP) is 1.28. The molecule has 6 rings (SSSR count). The first-order chi connectivity index (χ1) is 16.8. The molecule has 2 N–H and O–H groups in total. The first kappa shape index (κ1) is 21.6. The number of nitrogens with one attached hydrogen (secondary N) is 2. The third-order valence-electron chi connectivity index (χ3n) is 6.86. The van der Waals surface area contributed by atoms with Crippen LogP contribution in [0, 0.1) is 12.8 Å². The average molecular weight is 477 g/mol. The summed E-state index contributed by atoms with van der Waals surface area (Å²) in [4.78, 5) is 39.3. The molecule has 0 bridgehead atoms. The smallest absolute Gasteiger partial charge is 0.332 e. The van der Waals surface area contributed by atoms with Gasteiger partial charge in [0.2, 0.25) is 0 Å². The van der Waals surface area contributed by atoms with Gasteiger partial charge in [0.05, 0.1) is 23.5 Å². The fraction of sp³-hybridized carbons (Fsp3) is 0.458. The molecule has 35 heavy (non-hydrogen) atoms. The van der Waals surface area contributed by atoms with Gasteiger partial charge < -0.3 is 9.88 Å². The summed E-state index contributed by atoms with van der Waals surface area (Å²) in [7, 11) is 3.35. The topological polar surface area (TPSA) is 125 Å². The maximum absolute atomic E-state index is 13.5. The van der Waals surface area contributed by atoms with Gasteiger partial charge in [-0.2, -0.15) is 10.2 Å². The van der Waals surface area contributed by atoms with E-state index < -0.39 is 5.56 Å². The molecule has 2 aliphatic rings. The maximum Gasteiger partial charge on any atom is 0.332 e. The van der Waals surface area contributed by atoms with Gasteiger partial charge in [0.1, 0.15) is 11.1 Å². The van der Waals surface area contributed by atoms with E-state index in [4.69, 9.17) is 5.10 Å². The number of hydrogen-bond donors (Lipinski definition) is 2. The summed E-state index contributed by atoms with van der Waals surface area (Å²) < 4.78 is 6.33. The van der Waals surface area contributed by atoms with Gasteiger partial charge in [0.25, 0.3) is 11.5 Å². The molecular weight excluding hydrogens is 448 g/mol. The molecule has 0 unspecified atom stereocenters. The molecule has 0 radical (unpaired) electrons. The fourth-order valence-electron chi connectivity index (χ4n) is 4.59. The second-order valence-electron chi connectivity index (χ2n) is 9.92. The normalized spacial score (nSPS) is 15.7. The number of aromatic amines is 1. The number of aromatic nitrogens is 7. The zero-order valence-corrected chi connectivity index (χ0v) is 20.0. The van der Waals surface area contributed by atoms with Crippen molar-refractivity contribution in [3.63, 3.8) is 0 Å². The van der Waals surface area contributed by atoms with Gasteiger partial charge >= 0.3 is 5.69 Å². The maximum atomic E-state index is 13.5. The van der Waals surface area contributed by atoms with Crippen molar-refractivity contribution in [2.24, 2.45) is 20.0 Å². The van der Waals surface area contributed by atoms with E-state index >= 15 is 0 Å². The first-order valence-corrected chi connectivity index (χ1v) is 12.0. The molecule has 0 spiro atoms. The summed E-state index contributed by atoms with van der Waals surface area (Å²) in [5.41, 5.74) is 3.04. The number of aryl methyl sites for hydroxylation is 2. The van der Waals surface area contributed by atoms with Crippen LogP contribution in [0.5, 0.6) is 0 Å². The van der Waals surface area contributed by atoms with E-state index in [1.807, 2.05) is 24.6 Å². The van der Waals surface area contributed by atoms with Crippen LogP contribution in [0.2, 0.25) is 0 Å². The highest BCUT2D eigenvalue weighted by atomic mass is 16.2. The number of hydrogen-bond acceptors (Lipinski definition) is 5. The molecule has 2 aliphatic carbocycles. The molecule has 4 aromatic rings. The van der Waals surface area contributed by atoms with Crippen LogP contribution in [0.3, 0.4) is 0 Å². The minimum atomic E-state index is -0.401. The van der Waals surface area contributed by atoms with Crippen LogP contribution in [0.25, 0.3) is 22.4 Å². The molecule has 2 saturated carbocycles. The van der Waals surface area contributed by atoms with E-state index in [0.717, 1.165) is 41.6 Å². The average Bonchev–Trinajstić information content (AvgIpc) is 3.71. The summed E-state index contributed by atoms with van der Waals surface area (Å²) in [6, 6.07) is 3.95. The van der Waals surface area contributed by atoms with E-state index in [0.29, 0.717) is 47.0 Å². The van der Waals surface area contributed by atoms with Gasteiger partial charge in [0.15, 0.2) is 5.65 Å². The summed E-state index contributed by atoms with van der Waals surface area (Å²) in [5.74, 6) is 0.287. The Hall–Kier alpha value is -3.89. The van der Waals surface area contributed by atoms with E-state index in [9.17, 15) is 14.4 Å². The molecule has 4 aromatic heterocycles. The number of carbonyl (C=O) groups excluding carboxylic acids is 1. The van der Waals surface area contributed by atoms with Gasteiger partial charge in [-0.3, -0.25) is 28.5 Å². The Morgan fingerprint density at radius 3 is 2.60 bits per heavy atom. The molecule has 11 heteroatoms. The molecule has 4 heterocycles. The van der Waals surface area contributed by atoms with E-state index in [2.05, 4.69) is 15.5 Å². The minimum absolute atomic E-state index is 0.133. The van der Waals surface area contributed by atoms with E-state index in [1.165, 1.54) is 7.05 Å². The van der Waals surface area contributed by atoms with Crippen molar-refractivity contribution >= 4 is 16.9 Å². The van der Waals surface area contributed by atoms with Gasteiger partial charge in [-0.1, -0.05) is 0 Å². The number of carbonyl (C=O) groups is 1. The Labute approximate surface area is 200 Å². The monoisotopic (exact) mass is 476 g/mol. The number of H-pyrrole nitrogens is 1. The Kier molecular flexibility index (Phi) is 4.83. The third kappa shape index (κ3) is 3.80. The van der Waals surface area contributed by atoms with Crippen molar-refractivity contribution in [3.05, 3.63) is 56.1 Å². The summed E-state index contributed by atoms with van der Waals surface area (Å²) in [6.07, 6.45) is 5.89. The van der Waals surface area contributed by atoms with E-state index in [-0.39, 0.29) is 17.6 Å². The van der Waals surface area contributed by atoms with Gasteiger partial charge in [-0.15, -0.1) is 0 Å². The SMILES string of the molecule is Cc1cc(Cn2nc3c(c2-c2cc(C(=O)NC4CC4)cn2C)c(=O)n(C)c(=O)n3CC2CC2)n[nH]1. The summed E-state index contributed by atoms with van der Waals surface area (Å²) in [5, 5.41) is 15.5. The lowest BCUT2D eigenvalue weighted by atomic mass is 10.2. The summed E-state index contributed by atoms with van der Waals surface area (Å²) in [6.45, 7) is 2.76. The van der Waals surface area contributed by atoms with Crippen molar-refractivity contribution in [2.45, 2.75) is 51.7 Å². The molecule has 0 atom stereocenters. The Morgan fingerprint density at radius 2 is 1.94 bits per heavy atom. The quantitative estimate of drug-likeness (QED) is 0.416. The lowest BCUT2D eigenvalue weighted by Gasteiger charge is -2.09. The Balaban J connectivity index is 1.57. The fourth-order valence-corrected chi connectivity index (χ4v) is 4.59. The minimum Gasteiger partial charge on any atom is -0.349 e. The molecule has 0 saturated heterocycles. The lowest BCUT2D eigenvalue weighted by molar-refractivity contribution is 0.0951. The van der Waals surface area contributed by atoms with Crippen molar-refractivity contribution in [1.82, 2.24) is 39.0 Å². The zero-order valence-electron chi connectivity index (χ0n) is 20.0. The van der Waals surface area contributed by atoms with Crippen LogP contribution >= 0.6 is 0 Å². The largest absolute Gasteiger partial charge is 0.349 e. The zero-order chi connectivity index (χ0) is 24.4. The molecule has 0 aliphatic heterocycles. The van der Waals surface area contributed by atoms with Crippen LogP contribution in [0.4, 0.5) is 0 Å². The molecule has 1 amide bonds. The van der Waals surface area contributed by atoms with Crippen LogP contribution in [-0.2, 0) is 27.2 Å². The van der Waals surface area contributed by atoms with Crippen molar-refractivity contribution < 1.29 is 4.79 Å².